The third-order valence-electron chi connectivity index (χ3n) is 3.54. The Bertz CT molecular complexity index is 986. The zero-order valence-electron chi connectivity index (χ0n) is 13.8. The largest absolute Gasteiger partial charge is 0.495 e. The van der Waals surface area contributed by atoms with Crippen molar-refractivity contribution in [2.45, 2.75) is 0 Å². The maximum absolute atomic E-state index is 12.6. The van der Waals surface area contributed by atoms with E-state index in [2.05, 4.69) is 35.9 Å². The van der Waals surface area contributed by atoms with E-state index in [0.717, 1.165) is 0 Å². The molecule has 134 valence electrons. The minimum Gasteiger partial charge on any atom is -0.495 e. The van der Waals surface area contributed by atoms with Crippen LogP contribution in [-0.4, -0.2) is 30.3 Å². The number of benzene rings is 2. The van der Waals surface area contributed by atoms with Crippen molar-refractivity contribution in [3.05, 3.63) is 57.0 Å². The molecule has 0 saturated heterocycles. The second-order valence-electron chi connectivity index (χ2n) is 5.17. The first kappa shape index (κ1) is 17.7. The Hall–Kier alpha value is -3.07. The molecule has 1 amide bonds. The van der Waals surface area contributed by atoms with Gasteiger partial charge in [-0.2, -0.15) is 0 Å². The third kappa shape index (κ3) is 3.62. The van der Waals surface area contributed by atoms with Gasteiger partial charge in [0.15, 0.2) is 5.82 Å². The van der Waals surface area contributed by atoms with E-state index in [0.29, 0.717) is 32.8 Å². The molecule has 3 rings (SSSR count). The first-order chi connectivity index (χ1) is 12.5. The third-order valence-corrected chi connectivity index (χ3v) is 4.32. The van der Waals surface area contributed by atoms with Gasteiger partial charge in [-0.05, 0) is 40.2 Å². The summed E-state index contributed by atoms with van der Waals surface area (Å²) in [6.07, 6.45) is 0. The standard InChI is InChI=1S/C17H14BrN3O5/c1-24-12-7-10(8-13(25-2)14(12)18)16(22)19-11-5-3-4-9(6-11)15-20-17(23)26-21-15/h3-8H,1-2H3,(H,19,22)(H,20,21,23). The number of hydrogen-bond acceptors (Lipinski definition) is 6. The molecule has 8 nitrogen and oxygen atoms in total. The van der Waals surface area contributed by atoms with Gasteiger partial charge in [-0.1, -0.05) is 17.3 Å². The normalized spacial score (nSPS) is 10.4. The Kier molecular flexibility index (Phi) is 5.08. The van der Waals surface area contributed by atoms with Crippen LogP contribution in [0.15, 0.2) is 50.2 Å². The number of methoxy groups -OCH3 is 2. The lowest BCUT2D eigenvalue weighted by Crippen LogP contribution is -2.12. The predicted octanol–water partition coefficient (Wildman–Crippen LogP) is 3.06. The van der Waals surface area contributed by atoms with Crippen molar-refractivity contribution >= 4 is 27.5 Å². The fourth-order valence-corrected chi connectivity index (χ4v) is 2.85. The van der Waals surface area contributed by atoms with Crippen LogP contribution in [0.1, 0.15) is 10.4 Å². The molecule has 26 heavy (non-hydrogen) atoms. The molecule has 9 heteroatoms. The van der Waals surface area contributed by atoms with E-state index in [1.165, 1.54) is 14.2 Å². The fraction of sp³-hybridized carbons (Fsp3) is 0.118. The average molecular weight is 420 g/mol. The summed E-state index contributed by atoms with van der Waals surface area (Å²) in [5.41, 5.74) is 1.49. The number of carbonyl (C=O) groups excluding carboxylic acids is 1. The van der Waals surface area contributed by atoms with E-state index >= 15 is 0 Å². The van der Waals surface area contributed by atoms with Gasteiger partial charge in [0.1, 0.15) is 16.0 Å². The minimum atomic E-state index is -0.650. The number of H-pyrrole nitrogens is 1. The van der Waals surface area contributed by atoms with Crippen molar-refractivity contribution in [1.29, 1.82) is 0 Å². The molecule has 0 bridgehead atoms. The summed E-state index contributed by atoms with van der Waals surface area (Å²) in [7, 11) is 3.01. The van der Waals surface area contributed by atoms with Crippen molar-refractivity contribution in [3.8, 4) is 22.9 Å². The molecule has 0 unspecified atom stereocenters. The Balaban J connectivity index is 1.88. The van der Waals surface area contributed by atoms with Gasteiger partial charge in [0, 0.05) is 16.8 Å². The molecule has 0 aliphatic heterocycles. The highest BCUT2D eigenvalue weighted by Crippen LogP contribution is 2.35. The summed E-state index contributed by atoms with van der Waals surface area (Å²) in [5.74, 6) is 0.230. The summed E-state index contributed by atoms with van der Waals surface area (Å²) in [4.78, 5) is 26.1. The lowest BCUT2D eigenvalue weighted by molar-refractivity contribution is 0.102. The van der Waals surface area contributed by atoms with Crippen LogP contribution in [0.3, 0.4) is 0 Å². The van der Waals surface area contributed by atoms with Gasteiger partial charge in [-0.3, -0.25) is 14.3 Å². The van der Waals surface area contributed by atoms with E-state index in [-0.39, 0.29) is 11.7 Å². The summed E-state index contributed by atoms with van der Waals surface area (Å²) in [6.45, 7) is 0. The number of ether oxygens (including phenoxy) is 2. The highest BCUT2D eigenvalue weighted by atomic mass is 79.9. The topological polar surface area (TPSA) is 106 Å². The van der Waals surface area contributed by atoms with E-state index in [1.807, 2.05) is 0 Å². The summed E-state index contributed by atoms with van der Waals surface area (Å²) in [6, 6.07) is 10.0. The van der Waals surface area contributed by atoms with Crippen LogP contribution in [0.2, 0.25) is 0 Å². The molecule has 3 aromatic rings. The number of halogens is 1. The molecule has 0 aliphatic carbocycles. The van der Waals surface area contributed by atoms with Gasteiger partial charge >= 0.3 is 5.76 Å². The molecule has 0 fully saturated rings. The number of rotatable bonds is 5. The molecule has 0 radical (unpaired) electrons. The van der Waals surface area contributed by atoms with Gasteiger partial charge < -0.3 is 14.8 Å². The van der Waals surface area contributed by atoms with Crippen LogP contribution < -0.4 is 20.5 Å². The smallest absolute Gasteiger partial charge is 0.439 e. The Labute approximate surface area is 156 Å². The predicted molar refractivity (Wildman–Crippen MR) is 97.8 cm³/mol. The van der Waals surface area contributed by atoms with Gasteiger partial charge in [0.25, 0.3) is 5.91 Å². The van der Waals surface area contributed by atoms with E-state index in [1.54, 1.807) is 36.4 Å². The highest BCUT2D eigenvalue weighted by molar-refractivity contribution is 9.10. The van der Waals surface area contributed by atoms with Crippen molar-refractivity contribution in [2.75, 3.05) is 19.5 Å². The monoisotopic (exact) mass is 419 g/mol. The number of nitrogens with zero attached hydrogens (tertiary/aromatic N) is 1. The SMILES string of the molecule is COc1cc(C(=O)Nc2cccc(-c3noc(=O)[nH]3)c2)cc(OC)c1Br. The number of carbonyl (C=O) groups is 1. The second-order valence-corrected chi connectivity index (χ2v) is 5.97. The number of nitrogens with one attached hydrogen (secondary N) is 2. The van der Waals surface area contributed by atoms with Crippen LogP contribution >= 0.6 is 15.9 Å². The molecule has 0 spiro atoms. The van der Waals surface area contributed by atoms with E-state index < -0.39 is 5.76 Å². The van der Waals surface area contributed by atoms with Crippen molar-refractivity contribution in [2.24, 2.45) is 0 Å². The van der Waals surface area contributed by atoms with Gasteiger partial charge in [0.05, 0.1) is 14.2 Å². The summed E-state index contributed by atoms with van der Waals surface area (Å²) < 4.78 is 15.6. The molecule has 0 saturated carbocycles. The molecule has 2 N–H and O–H groups in total. The van der Waals surface area contributed by atoms with Crippen LogP contribution in [0, 0.1) is 0 Å². The lowest BCUT2D eigenvalue weighted by Gasteiger charge is -2.12. The Morgan fingerprint density at radius 2 is 1.88 bits per heavy atom. The van der Waals surface area contributed by atoms with Gasteiger partial charge in [-0.25, -0.2) is 4.79 Å². The minimum absolute atomic E-state index is 0.276. The van der Waals surface area contributed by atoms with Crippen molar-refractivity contribution in [3.63, 3.8) is 0 Å². The average Bonchev–Trinajstić information content (AvgIpc) is 3.08. The maximum Gasteiger partial charge on any atom is 0.439 e. The Morgan fingerprint density at radius 1 is 1.19 bits per heavy atom. The Morgan fingerprint density at radius 3 is 2.46 bits per heavy atom. The molecule has 0 aliphatic rings. The lowest BCUT2D eigenvalue weighted by atomic mass is 10.1. The van der Waals surface area contributed by atoms with Crippen molar-refractivity contribution in [1.82, 2.24) is 10.1 Å². The number of aromatic amines is 1. The first-order valence-corrected chi connectivity index (χ1v) is 8.20. The molecular weight excluding hydrogens is 406 g/mol. The molecular formula is C17H14BrN3O5. The number of amides is 1. The molecule has 1 aromatic heterocycles. The second kappa shape index (κ2) is 7.44. The number of hydrogen-bond donors (Lipinski definition) is 2. The maximum atomic E-state index is 12.6. The van der Waals surface area contributed by atoms with Crippen LogP contribution in [0.4, 0.5) is 5.69 Å². The van der Waals surface area contributed by atoms with Crippen LogP contribution in [-0.2, 0) is 0 Å². The first-order valence-electron chi connectivity index (χ1n) is 7.41. The molecule has 2 aromatic carbocycles. The van der Waals surface area contributed by atoms with Gasteiger partial charge in [0.2, 0.25) is 0 Å². The highest BCUT2D eigenvalue weighted by Gasteiger charge is 2.15. The summed E-state index contributed by atoms with van der Waals surface area (Å²) in [5, 5.41) is 6.41. The van der Waals surface area contributed by atoms with Crippen molar-refractivity contribution < 1.29 is 18.8 Å². The van der Waals surface area contributed by atoms with E-state index in [9.17, 15) is 9.59 Å². The van der Waals surface area contributed by atoms with E-state index in [4.69, 9.17) is 9.47 Å². The molecule has 0 atom stereocenters. The quantitative estimate of drug-likeness (QED) is 0.657. The summed E-state index contributed by atoms with van der Waals surface area (Å²) >= 11 is 3.36. The van der Waals surface area contributed by atoms with Crippen LogP contribution in [0.5, 0.6) is 11.5 Å². The van der Waals surface area contributed by atoms with Gasteiger partial charge in [-0.15, -0.1) is 0 Å². The number of aromatic nitrogens is 2. The van der Waals surface area contributed by atoms with Crippen LogP contribution in [0.25, 0.3) is 11.4 Å². The zero-order valence-corrected chi connectivity index (χ0v) is 15.4. The fourth-order valence-electron chi connectivity index (χ4n) is 2.30. The number of anilines is 1. The molecule has 1 heterocycles. The zero-order chi connectivity index (χ0) is 18.7.